The Kier molecular flexibility index (Phi) is 6.19. The number of aryl methyl sites for hydroxylation is 1. The number of ether oxygens (including phenoxy) is 2. The maximum Gasteiger partial charge on any atom is 0.252 e. The molecule has 0 aliphatic carbocycles. The fraction of sp³-hybridized carbons (Fsp3) is 0.364. The first-order chi connectivity index (χ1) is 13.4. The molecule has 1 aliphatic rings. The van der Waals surface area contributed by atoms with Crippen LogP contribution in [0.25, 0.3) is 0 Å². The van der Waals surface area contributed by atoms with E-state index in [1.165, 1.54) is 0 Å². The van der Waals surface area contributed by atoms with E-state index in [1.54, 1.807) is 24.3 Å². The Labute approximate surface area is 165 Å². The Morgan fingerprint density at radius 3 is 2.46 bits per heavy atom. The van der Waals surface area contributed by atoms with Gasteiger partial charge >= 0.3 is 0 Å². The zero-order valence-electron chi connectivity index (χ0n) is 16.5. The van der Waals surface area contributed by atoms with Gasteiger partial charge in [0, 0.05) is 17.3 Å². The van der Waals surface area contributed by atoms with Gasteiger partial charge in [0.25, 0.3) is 5.91 Å². The van der Waals surface area contributed by atoms with Gasteiger partial charge in [0.15, 0.2) is 11.5 Å². The molecule has 0 saturated heterocycles. The lowest BCUT2D eigenvalue weighted by molar-refractivity contribution is -0.118. The minimum Gasteiger partial charge on any atom is -0.486 e. The molecule has 148 valence electrons. The predicted octanol–water partition coefficient (Wildman–Crippen LogP) is 3.55. The standard InChI is InChI=1S/C22H26N2O4/c1-14(2)12-18(24-21(25)17-7-5-4-6-15(17)3)22(26)23-16-8-9-19-20(13-16)28-11-10-27-19/h4-9,13-14,18H,10-12H2,1-3H3,(H,23,26)(H,24,25). The largest absolute Gasteiger partial charge is 0.486 e. The number of hydrogen-bond donors (Lipinski definition) is 2. The molecule has 28 heavy (non-hydrogen) atoms. The number of hydrogen-bond acceptors (Lipinski definition) is 4. The van der Waals surface area contributed by atoms with Crippen LogP contribution in [0.15, 0.2) is 42.5 Å². The summed E-state index contributed by atoms with van der Waals surface area (Å²) in [6.07, 6.45) is 0.536. The molecule has 0 bridgehead atoms. The van der Waals surface area contributed by atoms with Crippen molar-refractivity contribution in [1.29, 1.82) is 0 Å². The van der Waals surface area contributed by atoms with Crippen LogP contribution < -0.4 is 20.1 Å². The van der Waals surface area contributed by atoms with Crippen molar-refractivity contribution in [1.82, 2.24) is 5.32 Å². The average Bonchev–Trinajstić information content (AvgIpc) is 2.67. The zero-order valence-corrected chi connectivity index (χ0v) is 16.5. The van der Waals surface area contributed by atoms with Crippen molar-refractivity contribution < 1.29 is 19.1 Å². The maximum atomic E-state index is 12.9. The Hall–Kier alpha value is -3.02. The predicted molar refractivity (Wildman–Crippen MR) is 108 cm³/mol. The minimum absolute atomic E-state index is 0.244. The molecule has 0 saturated carbocycles. The second kappa shape index (κ2) is 8.78. The van der Waals surface area contributed by atoms with Gasteiger partial charge in [0.05, 0.1) is 0 Å². The molecule has 2 N–H and O–H groups in total. The molecule has 1 aliphatic heterocycles. The molecule has 1 unspecified atom stereocenters. The van der Waals surface area contributed by atoms with E-state index in [2.05, 4.69) is 10.6 Å². The second-order valence-corrected chi connectivity index (χ2v) is 7.32. The van der Waals surface area contributed by atoms with Crippen LogP contribution in [0, 0.1) is 12.8 Å². The van der Waals surface area contributed by atoms with E-state index < -0.39 is 6.04 Å². The van der Waals surface area contributed by atoms with Crippen molar-refractivity contribution >= 4 is 17.5 Å². The number of nitrogens with one attached hydrogen (secondary N) is 2. The highest BCUT2D eigenvalue weighted by Crippen LogP contribution is 2.32. The van der Waals surface area contributed by atoms with Crippen LogP contribution in [0.4, 0.5) is 5.69 Å². The molecule has 0 radical (unpaired) electrons. The van der Waals surface area contributed by atoms with Crippen molar-refractivity contribution in [2.45, 2.75) is 33.2 Å². The van der Waals surface area contributed by atoms with Crippen molar-refractivity contribution in [2.75, 3.05) is 18.5 Å². The van der Waals surface area contributed by atoms with E-state index in [-0.39, 0.29) is 17.7 Å². The number of benzene rings is 2. The van der Waals surface area contributed by atoms with E-state index in [1.807, 2.05) is 39.0 Å². The fourth-order valence-electron chi connectivity index (χ4n) is 3.12. The zero-order chi connectivity index (χ0) is 20.1. The topological polar surface area (TPSA) is 76.7 Å². The van der Waals surface area contributed by atoms with E-state index in [0.717, 1.165) is 5.56 Å². The number of amides is 2. The van der Waals surface area contributed by atoms with Gasteiger partial charge in [-0.3, -0.25) is 9.59 Å². The van der Waals surface area contributed by atoms with Crippen LogP contribution in [-0.4, -0.2) is 31.1 Å². The quantitative estimate of drug-likeness (QED) is 0.801. The van der Waals surface area contributed by atoms with Crippen LogP contribution in [0.3, 0.4) is 0 Å². The number of carbonyl (C=O) groups excluding carboxylic acids is 2. The minimum atomic E-state index is -0.639. The van der Waals surface area contributed by atoms with Gasteiger partial charge in [0.1, 0.15) is 19.3 Å². The first-order valence-corrected chi connectivity index (χ1v) is 9.51. The molecule has 0 fully saturated rings. The van der Waals surface area contributed by atoms with Crippen LogP contribution in [0.5, 0.6) is 11.5 Å². The summed E-state index contributed by atoms with van der Waals surface area (Å²) in [7, 11) is 0. The first-order valence-electron chi connectivity index (χ1n) is 9.51. The SMILES string of the molecule is Cc1ccccc1C(=O)NC(CC(C)C)C(=O)Nc1ccc2c(c1)OCCO2. The third-order valence-electron chi connectivity index (χ3n) is 4.53. The third kappa shape index (κ3) is 4.82. The summed E-state index contributed by atoms with van der Waals surface area (Å²) in [5, 5.41) is 5.76. The van der Waals surface area contributed by atoms with Gasteiger partial charge in [-0.25, -0.2) is 0 Å². The molecule has 2 aromatic carbocycles. The van der Waals surface area contributed by atoms with Crippen LogP contribution in [-0.2, 0) is 4.79 Å². The average molecular weight is 382 g/mol. The van der Waals surface area contributed by atoms with Crippen LogP contribution in [0.1, 0.15) is 36.2 Å². The summed E-state index contributed by atoms with van der Waals surface area (Å²) < 4.78 is 11.1. The lowest BCUT2D eigenvalue weighted by Crippen LogP contribution is -2.44. The summed E-state index contributed by atoms with van der Waals surface area (Å²) in [5.74, 6) is 1.01. The number of carbonyl (C=O) groups is 2. The number of rotatable bonds is 6. The lowest BCUT2D eigenvalue weighted by Gasteiger charge is -2.22. The van der Waals surface area contributed by atoms with Crippen molar-refractivity contribution in [3.8, 4) is 11.5 Å². The van der Waals surface area contributed by atoms with Gasteiger partial charge in [-0.05, 0) is 43.0 Å². The van der Waals surface area contributed by atoms with Crippen molar-refractivity contribution in [3.63, 3.8) is 0 Å². The summed E-state index contributed by atoms with van der Waals surface area (Å²) in [4.78, 5) is 25.5. The van der Waals surface area contributed by atoms with E-state index >= 15 is 0 Å². The molecule has 2 aromatic rings. The molecular weight excluding hydrogens is 356 g/mol. The Morgan fingerprint density at radius 1 is 1.04 bits per heavy atom. The molecule has 2 amide bonds. The molecular formula is C22H26N2O4. The van der Waals surface area contributed by atoms with Gasteiger partial charge in [-0.15, -0.1) is 0 Å². The molecule has 6 heteroatoms. The van der Waals surface area contributed by atoms with Crippen LogP contribution >= 0.6 is 0 Å². The summed E-state index contributed by atoms with van der Waals surface area (Å²) in [6.45, 7) is 6.91. The lowest BCUT2D eigenvalue weighted by atomic mass is 10.0. The van der Waals surface area contributed by atoms with Gasteiger partial charge in [-0.1, -0.05) is 32.0 Å². The Balaban J connectivity index is 1.73. The molecule has 6 nitrogen and oxygen atoms in total. The highest BCUT2D eigenvalue weighted by atomic mass is 16.6. The highest BCUT2D eigenvalue weighted by molar-refractivity contribution is 6.01. The highest BCUT2D eigenvalue weighted by Gasteiger charge is 2.24. The first kappa shape index (κ1) is 19.7. The molecule has 3 rings (SSSR count). The monoisotopic (exact) mass is 382 g/mol. The van der Waals surface area contributed by atoms with E-state index in [9.17, 15) is 9.59 Å². The second-order valence-electron chi connectivity index (χ2n) is 7.32. The Bertz CT molecular complexity index is 863. The van der Waals surface area contributed by atoms with Gasteiger partial charge in [0.2, 0.25) is 5.91 Å². The van der Waals surface area contributed by atoms with E-state index in [4.69, 9.17) is 9.47 Å². The molecule has 1 heterocycles. The van der Waals surface area contributed by atoms with Crippen molar-refractivity contribution in [2.24, 2.45) is 5.92 Å². The molecule has 0 aromatic heterocycles. The fourth-order valence-corrected chi connectivity index (χ4v) is 3.12. The maximum absolute atomic E-state index is 12.9. The summed E-state index contributed by atoms with van der Waals surface area (Å²) in [5.41, 5.74) is 2.05. The molecule has 1 atom stereocenters. The molecule has 0 spiro atoms. The third-order valence-corrected chi connectivity index (χ3v) is 4.53. The number of fused-ring (bicyclic) bond motifs is 1. The Morgan fingerprint density at radius 2 is 1.75 bits per heavy atom. The smallest absolute Gasteiger partial charge is 0.252 e. The summed E-state index contributed by atoms with van der Waals surface area (Å²) >= 11 is 0. The van der Waals surface area contributed by atoms with Crippen molar-refractivity contribution in [3.05, 3.63) is 53.6 Å². The number of anilines is 1. The van der Waals surface area contributed by atoms with E-state index in [0.29, 0.717) is 42.4 Å². The van der Waals surface area contributed by atoms with Gasteiger partial charge < -0.3 is 20.1 Å². The normalized spacial score (nSPS) is 13.7. The van der Waals surface area contributed by atoms with Gasteiger partial charge in [-0.2, -0.15) is 0 Å². The van der Waals surface area contributed by atoms with Crippen LogP contribution in [0.2, 0.25) is 0 Å². The summed E-state index contributed by atoms with van der Waals surface area (Å²) in [6, 6.07) is 12.0.